The highest BCUT2D eigenvalue weighted by Gasteiger charge is 2.35. The molecule has 4 aromatic rings. The fourth-order valence-electron chi connectivity index (χ4n) is 3.99. The number of nitrogens with one attached hydrogen (secondary N) is 1. The van der Waals surface area contributed by atoms with Gasteiger partial charge in [-0.25, -0.2) is 4.98 Å². The zero-order valence-electron chi connectivity index (χ0n) is 17.2. The van der Waals surface area contributed by atoms with E-state index in [-0.39, 0.29) is 11.8 Å². The number of hydrogen-bond donors (Lipinski definition) is 1. The van der Waals surface area contributed by atoms with Crippen molar-refractivity contribution < 1.29 is 9.59 Å². The van der Waals surface area contributed by atoms with Gasteiger partial charge >= 0.3 is 0 Å². The summed E-state index contributed by atoms with van der Waals surface area (Å²) in [5, 5.41) is 11.5. The Morgan fingerprint density at radius 3 is 2.84 bits per heavy atom. The minimum absolute atomic E-state index is 0.111. The Labute approximate surface area is 197 Å². The number of anilines is 1. The van der Waals surface area contributed by atoms with Gasteiger partial charge in [-0.15, -0.1) is 22.7 Å². The molecule has 32 heavy (non-hydrogen) atoms. The Balaban J connectivity index is 1.38. The Hall–Kier alpha value is -2.75. The fourth-order valence-corrected chi connectivity index (χ4v) is 5.76. The highest BCUT2D eigenvalue weighted by atomic mass is 35.5. The second-order valence-electron chi connectivity index (χ2n) is 7.68. The van der Waals surface area contributed by atoms with E-state index in [1.54, 1.807) is 16.5 Å². The SMILES string of the molecule is Cc1nn(Cc2ccc(Cl)cc2)c2sc(C(=O)N3CCCC3C(=O)Nc3nccs3)cc12. The summed E-state index contributed by atoms with van der Waals surface area (Å²) in [6.07, 6.45) is 3.10. The monoisotopic (exact) mass is 485 g/mol. The van der Waals surface area contributed by atoms with Crippen LogP contribution in [0.4, 0.5) is 5.13 Å². The van der Waals surface area contributed by atoms with Crippen LogP contribution in [0, 0.1) is 6.92 Å². The van der Waals surface area contributed by atoms with Gasteiger partial charge in [0.1, 0.15) is 10.9 Å². The van der Waals surface area contributed by atoms with E-state index in [1.165, 1.54) is 22.7 Å². The molecule has 1 aromatic carbocycles. The van der Waals surface area contributed by atoms with Crippen molar-refractivity contribution in [2.45, 2.75) is 32.4 Å². The number of amides is 2. The lowest BCUT2D eigenvalue weighted by Crippen LogP contribution is -2.42. The van der Waals surface area contributed by atoms with Crippen LogP contribution in [-0.4, -0.2) is 44.1 Å². The van der Waals surface area contributed by atoms with Gasteiger partial charge in [0, 0.05) is 28.5 Å². The molecule has 1 aliphatic heterocycles. The van der Waals surface area contributed by atoms with Crippen LogP contribution < -0.4 is 5.32 Å². The number of rotatable bonds is 5. The average Bonchev–Trinajstić information content (AvgIpc) is 3.56. The number of aryl methyl sites for hydroxylation is 1. The Kier molecular flexibility index (Phi) is 5.71. The summed E-state index contributed by atoms with van der Waals surface area (Å²) in [4.78, 5) is 33.5. The summed E-state index contributed by atoms with van der Waals surface area (Å²) >= 11 is 8.78. The van der Waals surface area contributed by atoms with E-state index in [1.807, 2.05) is 41.9 Å². The van der Waals surface area contributed by atoms with Gasteiger partial charge in [0.2, 0.25) is 5.91 Å². The third kappa shape index (κ3) is 4.03. The second kappa shape index (κ2) is 8.65. The maximum Gasteiger partial charge on any atom is 0.264 e. The number of benzene rings is 1. The van der Waals surface area contributed by atoms with Gasteiger partial charge in [-0.1, -0.05) is 23.7 Å². The average molecular weight is 486 g/mol. The van der Waals surface area contributed by atoms with E-state index in [9.17, 15) is 9.59 Å². The first kappa shape index (κ1) is 21.1. The van der Waals surface area contributed by atoms with Gasteiger partial charge in [-0.2, -0.15) is 5.10 Å². The molecule has 0 saturated carbocycles. The number of fused-ring (bicyclic) bond motifs is 1. The van der Waals surface area contributed by atoms with E-state index in [0.29, 0.717) is 34.5 Å². The molecule has 1 aliphatic rings. The van der Waals surface area contributed by atoms with Crippen LogP contribution in [0.3, 0.4) is 0 Å². The maximum absolute atomic E-state index is 13.3. The molecule has 0 aliphatic carbocycles. The van der Waals surface area contributed by atoms with Crippen LogP contribution in [0.1, 0.15) is 33.8 Å². The Morgan fingerprint density at radius 1 is 1.28 bits per heavy atom. The predicted octanol–water partition coefficient (Wildman–Crippen LogP) is 4.81. The highest BCUT2D eigenvalue weighted by Crippen LogP contribution is 2.32. The number of carbonyl (C=O) groups excluding carboxylic acids is 2. The summed E-state index contributed by atoms with van der Waals surface area (Å²) in [5.41, 5.74) is 1.96. The molecule has 1 atom stereocenters. The van der Waals surface area contributed by atoms with Crippen LogP contribution in [0.5, 0.6) is 0 Å². The van der Waals surface area contributed by atoms with E-state index in [4.69, 9.17) is 11.6 Å². The topological polar surface area (TPSA) is 80.1 Å². The molecule has 164 valence electrons. The largest absolute Gasteiger partial charge is 0.326 e. The first-order valence-electron chi connectivity index (χ1n) is 10.2. The van der Waals surface area contributed by atoms with Crippen LogP contribution in [0.25, 0.3) is 10.2 Å². The standard InChI is InChI=1S/C22H20ClN5O2S2/c1-13-16-11-18(32-21(16)28(26-13)12-14-4-6-15(23)7-5-14)20(30)27-9-2-3-17(27)19(29)25-22-24-8-10-31-22/h4-8,10-11,17H,2-3,9,12H2,1H3,(H,24,25,29). The Morgan fingerprint density at radius 2 is 2.09 bits per heavy atom. The minimum atomic E-state index is -0.483. The van der Waals surface area contributed by atoms with Crippen molar-refractivity contribution in [1.82, 2.24) is 19.7 Å². The molecule has 0 bridgehead atoms. The third-order valence-corrected chi connectivity index (χ3v) is 7.62. The number of carbonyl (C=O) groups is 2. The van der Waals surface area contributed by atoms with Gasteiger partial charge in [-0.05, 0) is 43.5 Å². The summed E-state index contributed by atoms with van der Waals surface area (Å²) in [7, 11) is 0. The van der Waals surface area contributed by atoms with Gasteiger partial charge < -0.3 is 10.2 Å². The predicted molar refractivity (Wildman–Crippen MR) is 128 cm³/mol. The number of aromatic nitrogens is 3. The lowest BCUT2D eigenvalue weighted by atomic mass is 10.2. The summed E-state index contributed by atoms with van der Waals surface area (Å²) in [6, 6.07) is 9.08. The second-order valence-corrected chi connectivity index (χ2v) is 10.0. The van der Waals surface area contributed by atoms with Crippen molar-refractivity contribution in [3.05, 3.63) is 63.1 Å². The van der Waals surface area contributed by atoms with Crippen molar-refractivity contribution in [1.29, 1.82) is 0 Å². The molecule has 0 spiro atoms. The van der Waals surface area contributed by atoms with Crippen molar-refractivity contribution >= 4 is 61.4 Å². The van der Waals surface area contributed by atoms with Gasteiger partial charge in [0.15, 0.2) is 5.13 Å². The zero-order chi connectivity index (χ0) is 22.2. The number of nitrogens with zero attached hydrogens (tertiary/aromatic N) is 4. The molecule has 2 amide bonds. The third-order valence-electron chi connectivity index (χ3n) is 5.54. The molecule has 5 rings (SSSR count). The maximum atomic E-state index is 13.3. The van der Waals surface area contributed by atoms with Crippen LogP contribution in [0.2, 0.25) is 5.02 Å². The van der Waals surface area contributed by atoms with Crippen LogP contribution in [-0.2, 0) is 11.3 Å². The lowest BCUT2D eigenvalue weighted by molar-refractivity contribution is -0.119. The molecule has 0 radical (unpaired) electrons. The summed E-state index contributed by atoms with van der Waals surface area (Å²) < 4.78 is 1.92. The van der Waals surface area contributed by atoms with Crippen LogP contribution >= 0.6 is 34.3 Å². The van der Waals surface area contributed by atoms with E-state index < -0.39 is 6.04 Å². The Bertz CT molecular complexity index is 1280. The van der Waals surface area contributed by atoms with Gasteiger partial charge in [-0.3, -0.25) is 14.3 Å². The summed E-state index contributed by atoms with van der Waals surface area (Å²) in [6.45, 7) is 3.11. The van der Waals surface area contributed by atoms with Crippen LogP contribution in [0.15, 0.2) is 41.9 Å². The normalized spacial score (nSPS) is 16.1. The quantitative estimate of drug-likeness (QED) is 0.440. The first-order chi connectivity index (χ1) is 15.5. The van der Waals surface area contributed by atoms with Gasteiger partial charge in [0.25, 0.3) is 5.91 Å². The molecule has 7 nitrogen and oxygen atoms in total. The van der Waals surface area contributed by atoms with Crippen molar-refractivity contribution in [2.24, 2.45) is 0 Å². The number of thiazole rings is 1. The smallest absolute Gasteiger partial charge is 0.264 e. The molecular formula is C22H20ClN5O2S2. The number of likely N-dealkylation sites (tertiary alicyclic amines) is 1. The molecule has 1 saturated heterocycles. The number of thiophene rings is 1. The number of hydrogen-bond acceptors (Lipinski definition) is 6. The molecule has 3 aromatic heterocycles. The van der Waals surface area contributed by atoms with Gasteiger partial charge in [0.05, 0.1) is 17.1 Å². The fraction of sp³-hybridized carbons (Fsp3) is 0.273. The minimum Gasteiger partial charge on any atom is -0.326 e. The molecule has 10 heteroatoms. The zero-order valence-corrected chi connectivity index (χ0v) is 19.6. The molecule has 4 heterocycles. The first-order valence-corrected chi connectivity index (χ1v) is 12.3. The molecule has 1 N–H and O–H groups in total. The van der Waals surface area contributed by atoms with E-state index in [2.05, 4.69) is 15.4 Å². The van der Waals surface area contributed by atoms with E-state index in [0.717, 1.165) is 27.9 Å². The van der Waals surface area contributed by atoms with Crippen molar-refractivity contribution in [3.8, 4) is 0 Å². The van der Waals surface area contributed by atoms with Crippen molar-refractivity contribution in [2.75, 3.05) is 11.9 Å². The van der Waals surface area contributed by atoms with E-state index >= 15 is 0 Å². The molecular weight excluding hydrogens is 466 g/mol. The lowest BCUT2D eigenvalue weighted by Gasteiger charge is -2.22. The molecule has 1 fully saturated rings. The number of halogens is 1. The highest BCUT2D eigenvalue weighted by molar-refractivity contribution is 7.20. The summed E-state index contributed by atoms with van der Waals surface area (Å²) in [5.74, 6) is -0.294. The van der Waals surface area contributed by atoms with Crippen molar-refractivity contribution in [3.63, 3.8) is 0 Å². The molecule has 1 unspecified atom stereocenters.